The van der Waals surface area contributed by atoms with Gasteiger partial charge in [0, 0.05) is 13.2 Å². The first-order chi connectivity index (χ1) is 7.45. The van der Waals surface area contributed by atoms with Crippen molar-refractivity contribution in [3.63, 3.8) is 0 Å². The number of aliphatic carboxylic acids is 1. The summed E-state index contributed by atoms with van der Waals surface area (Å²) in [4.78, 5) is 22.4. The lowest BCUT2D eigenvalue weighted by Crippen LogP contribution is -2.40. The highest BCUT2D eigenvalue weighted by molar-refractivity contribution is 6.31. The van der Waals surface area contributed by atoms with Crippen LogP contribution in [0.4, 0.5) is 0 Å². The highest BCUT2D eigenvalue weighted by Gasteiger charge is 2.20. The van der Waals surface area contributed by atoms with E-state index in [9.17, 15) is 9.59 Å². The minimum Gasteiger partial charge on any atom is -0.480 e. The maximum atomic E-state index is 11.7. The van der Waals surface area contributed by atoms with E-state index in [0.717, 1.165) is 0 Å². The van der Waals surface area contributed by atoms with Crippen LogP contribution in [0, 0.1) is 0 Å². The van der Waals surface area contributed by atoms with Gasteiger partial charge in [-0.05, 0) is 12.5 Å². The van der Waals surface area contributed by atoms with Crippen LogP contribution < -0.4 is 5.32 Å². The van der Waals surface area contributed by atoms with E-state index in [1.54, 1.807) is 24.7 Å². The van der Waals surface area contributed by atoms with Crippen molar-refractivity contribution >= 4 is 23.5 Å². The summed E-state index contributed by atoms with van der Waals surface area (Å²) in [7, 11) is 1.67. The van der Waals surface area contributed by atoms with Crippen LogP contribution in [0.5, 0.6) is 0 Å². The summed E-state index contributed by atoms with van der Waals surface area (Å²) < 4.78 is 1.55. The highest BCUT2D eigenvalue weighted by atomic mass is 35.5. The Labute approximate surface area is 98.0 Å². The van der Waals surface area contributed by atoms with Gasteiger partial charge in [0.2, 0.25) is 0 Å². The second-order valence-electron chi connectivity index (χ2n) is 3.43. The number of nitrogens with one attached hydrogen (secondary N) is 1. The van der Waals surface area contributed by atoms with Crippen LogP contribution in [0.15, 0.2) is 12.3 Å². The van der Waals surface area contributed by atoms with Gasteiger partial charge in [0.25, 0.3) is 5.91 Å². The van der Waals surface area contributed by atoms with Gasteiger partial charge in [-0.25, -0.2) is 4.79 Å². The van der Waals surface area contributed by atoms with E-state index in [2.05, 4.69) is 5.32 Å². The molecule has 6 heteroatoms. The van der Waals surface area contributed by atoms with Gasteiger partial charge in [-0.1, -0.05) is 18.5 Å². The predicted octanol–water partition coefficient (Wildman–Crippen LogP) is 1.27. The number of rotatable bonds is 4. The molecule has 0 saturated carbocycles. The molecule has 1 aromatic heterocycles. The SMILES string of the molecule is CC[C@@H](NC(=O)c1cc(Cl)cn1C)C(=O)O. The molecular weight excluding hydrogens is 232 g/mol. The van der Waals surface area contributed by atoms with Crippen LogP contribution >= 0.6 is 11.6 Å². The maximum Gasteiger partial charge on any atom is 0.326 e. The zero-order valence-corrected chi connectivity index (χ0v) is 9.78. The van der Waals surface area contributed by atoms with Crippen molar-refractivity contribution in [3.05, 3.63) is 23.0 Å². The second kappa shape index (κ2) is 5.03. The van der Waals surface area contributed by atoms with Crippen LogP contribution in [0.25, 0.3) is 0 Å². The molecule has 2 N–H and O–H groups in total. The summed E-state index contributed by atoms with van der Waals surface area (Å²) in [6.45, 7) is 1.69. The fourth-order valence-corrected chi connectivity index (χ4v) is 1.57. The van der Waals surface area contributed by atoms with Gasteiger partial charge < -0.3 is 15.0 Å². The number of amides is 1. The molecule has 0 fully saturated rings. The summed E-state index contributed by atoms with van der Waals surface area (Å²) in [6.07, 6.45) is 1.91. The number of carbonyl (C=O) groups excluding carboxylic acids is 1. The number of hydrogen-bond donors (Lipinski definition) is 2. The average molecular weight is 245 g/mol. The second-order valence-corrected chi connectivity index (χ2v) is 3.86. The number of carbonyl (C=O) groups is 2. The topological polar surface area (TPSA) is 71.3 Å². The molecule has 0 aliphatic rings. The molecule has 5 nitrogen and oxygen atoms in total. The molecule has 16 heavy (non-hydrogen) atoms. The highest BCUT2D eigenvalue weighted by Crippen LogP contribution is 2.12. The number of nitrogens with zero attached hydrogens (tertiary/aromatic N) is 1. The van der Waals surface area contributed by atoms with Crippen LogP contribution in [0.2, 0.25) is 5.02 Å². The van der Waals surface area contributed by atoms with Gasteiger partial charge in [-0.15, -0.1) is 0 Å². The van der Waals surface area contributed by atoms with Crippen molar-refractivity contribution < 1.29 is 14.7 Å². The summed E-state index contributed by atoms with van der Waals surface area (Å²) >= 11 is 5.73. The minimum atomic E-state index is -1.05. The minimum absolute atomic E-state index is 0.333. The molecule has 1 atom stereocenters. The summed E-state index contributed by atoms with van der Waals surface area (Å²) in [5.74, 6) is -1.49. The molecule has 88 valence electrons. The molecule has 0 unspecified atom stereocenters. The molecule has 0 aliphatic heterocycles. The van der Waals surface area contributed by atoms with E-state index in [4.69, 9.17) is 16.7 Å². The zero-order chi connectivity index (χ0) is 12.3. The molecular formula is C10H13ClN2O3. The molecule has 0 bridgehead atoms. The third kappa shape index (κ3) is 2.76. The van der Waals surface area contributed by atoms with Gasteiger partial charge in [0.1, 0.15) is 11.7 Å². The Morgan fingerprint density at radius 2 is 2.25 bits per heavy atom. The third-order valence-corrected chi connectivity index (χ3v) is 2.42. The van der Waals surface area contributed by atoms with Crippen LogP contribution in [-0.4, -0.2) is 27.6 Å². The summed E-state index contributed by atoms with van der Waals surface area (Å²) in [5, 5.41) is 11.7. The number of aromatic nitrogens is 1. The van der Waals surface area contributed by atoms with Crippen molar-refractivity contribution in [2.24, 2.45) is 7.05 Å². The van der Waals surface area contributed by atoms with Gasteiger partial charge in [0.05, 0.1) is 5.02 Å². The Morgan fingerprint density at radius 3 is 2.62 bits per heavy atom. The first-order valence-corrected chi connectivity index (χ1v) is 5.19. The van der Waals surface area contributed by atoms with E-state index in [1.807, 2.05) is 0 Å². The Balaban J connectivity index is 2.79. The van der Waals surface area contributed by atoms with Crippen molar-refractivity contribution in [2.75, 3.05) is 0 Å². The molecule has 1 amide bonds. The molecule has 0 aliphatic carbocycles. The van der Waals surface area contributed by atoms with Crippen molar-refractivity contribution in [1.82, 2.24) is 9.88 Å². The number of halogens is 1. The van der Waals surface area contributed by atoms with Gasteiger partial charge >= 0.3 is 5.97 Å². The van der Waals surface area contributed by atoms with Gasteiger partial charge in [-0.3, -0.25) is 4.79 Å². The largest absolute Gasteiger partial charge is 0.480 e. The monoisotopic (exact) mass is 244 g/mol. The molecule has 0 radical (unpaired) electrons. The first kappa shape index (κ1) is 12.6. The zero-order valence-electron chi connectivity index (χ0n) is 9.03. The summed E-state index contributed by atoms with van der Waals surface area (Å²) in [5.41, 5.74) is 0.338. The average Bonchev–Trinajstić information content (AvgIpc) is 2.53. The predicted molar refractivity (Wildman–Crippen MR) is 59.6 cm³/mol. The fraction of sp³-hybridized carbons (Fsp3) is 0.400. The molecule has 0 aromatic carbocycles. The maximum absolute atomic E-state index is 11.7. The molecule has 0 spiro atoms. The Bertz CT molecular complexity index is 414. The first-order valence-electron chi connectivity index (χ1n) is 4.81. The van der Waals surface area contributed by atoms with E-state index < -0.39 is 17.9 Å². The number of aryl methyl sites for hydroxylation is 1. The smallest absolute Gasteiger partial charge is 0.326 e. The Morgan fingerprint density at radius 1 is 1.62 bits per heavy atom. The quantitative estimate of drug-likeness (QED) is 0.838. The number of hydrogen-bond acceptors (Lipinski definition) is 2. The molecule has 0 saturated heterocycles. The van der Waals surface area contributed by atoms with Crippen LogP contribution in [0.1, 0.15) is 23.8 Å². The third-order valence-electron chi connectivity index (χ3n) is 2.22. The lowest BCUT2D eigenvalue weighted by atomic mass is 10.2. The molecule has 1 rings (SSSR count). The van der Waals surface area contributed by atoms with Crippen molar-refractivity contribution in [3.8, 4) is 0 Å². The lowest BCUT2D eigenvalue weighted by Gasteiger charge is -2.12. The number of carboxylic acid groups (broad SMARTS) is 1. The standard InChI is InChI=1S/C10H13ClN2O3/c1-3-7(10(15)16)12-9(14)8-4-6(11)5-13(8)2/h4-5,7H,3H2,1-2H3,(H,12,14)(H,15,16)/t7-/m1/s1. The fourth-order valence-electron chi connectivity index (χ4n) is 1.32. The number of carboxylic acids is 1. The van der Waals surface area contributed by atoms with Gasteiger partial charge in [-0.2, -0.15) is 0 Å². The lowest BCUT2D eigenvalue weighted by molar-refractivity contribution is -0.139. The van der Waals surface area contributed by atoms with Crippen molar-refractivity contribution in [1.29, 1.82) is 0 Å². The van der Waals surface area contributed by atoms with Crippen LogP contribution in [-0.2, 0) is 11.8 Å². The van der Waals surface area contributed by atoms with E-state index >= 15 is 0 Å². The van der Waals surface area contributed by atoms with Crippen molar-refractivity contribution in [2.45, 2.75) is 19.4 Å². The Hall–Kier alpha value is -1.49. The Kier molecular flexibility index (Phi) is 3.95. The normalized spacial score (nSPS) is 12.2. The summed E-state index contributed by atoms with van der Waals surface area (Å²) in [6, 6.07) is 0.618. The molecule has 1 aromatic rings. The van der Waals surface area contributed by atoms with E-state index in [0.29, 0.717) is 17.1 Å². The van der Waals surface area contributed by atoms with Gasteiger partial charge in [0.15, 0.2) is 0 Å². The van der Waals surface area contributed by atoms with Crippen LogP contribution in [0.3, 0.4) is 0 Å². The van der Waals surface area contributed by atoms with E-state index in [-0.39, 0.29) is 0 Å². The van der Waals surface area contributed by atoms with E-state index in [1.165, 1.54) is 6.07 Å². The molecule has 1 heterocycles.